The van der Waals surface area contributed by atoms with Crippen LogP contribution in [-0.4, -0.2) is 15.7 Å². The summed E-state index contributed by atoms with van der Waals surface area (Å²) in [5.41, 5.74) is 1.07. The maximum Gasteiger partial charge on any atom is 0.226 e. The normalized spacial score (nSPS) is 16.8. The van der Waals surface area contributed by atoms with Gasteiger partial charge in [0.25, 0.3) is 0 Å². The molecule has 0 radical (unpaired) electrons. The number of hydrogen-bond donors (Lipinski definition) is 1. The first-order chi connectivity index (χ1) is 11.6. The molecule has 0 bridgehead atoms. The molecule has 1 atom stereocenters. The lowest BCUT2D eigenvalue weighted by Gasteiger charge is -2.24. The van der Waals surface area contributed by atoms with E-state index in [2.05, 4.69) is 10.4 Å². The van der Waals surface area contributed by atoms with E-state index in [0.717, 1.165) is 5.56 Å². The van der Waals surface area contributed by atoms with E-state index >= 15 is 0 Å². The van der Waals surface area contributed by atoms with E-state index in [0.29, 0.717) is 28.7 Å². The van der Waals surface area contributed by atoms with E-state index in [1.807, 2.05) is 6.07 Å². The molecule has 1 unspecified atom stereocenters. The lowest BCUT2D eigenvalue weighted by atomic mass is 9.87. The van der Waals surface area contributed by atoms with E-state index in [1.54, 1.807) is 35.3 Å². The first-order valence-electron chi connectivity index (χ1n) is 7.45. The monoisotopic (exact) mass is 345 g/mol. The second-order valence-electron chi connectivity index (χ2n) is 5.63. The van der Waals surface area contributed by atoms with Gasteiger partial charge in [0.05, 0.1) is 12.5 Å². The highest BCUT2D eigenvalue weighted by molar-refractivity contribution is 6.31. The number of benzene rings is 1. The molecule has 2 aromatic heterocycles. The number of carbonyl (C=O) groups is 1. The lowest BCUT2D eigenvalue weighted by molar-refractivity contribution is -0.116. The highest BCUT2D eigenvalue weighted by Crippen LogP contribution is 2.40. The predicted octanol–water partition coefficient (Wildman–Crippen LogP) is 3.79. The molecule has 0 saturated carbocycles. The molecule has 7 heteroatoms. The molecule has 1 N–H and O–H groups in total. The standard InChI is InChI=1S/C17H13ClFN3O2/c18-13-4-1-5-14(19)16(13)11-7-15(23)21-17-12(11)8-20-22(17)9-10-3-2-6-24-10/h1-6,8,11H,7,9H2,(H,21,23). The highest BCUT2D eigenvalue weighted by Gasteiger charge is 2.32. The van der Waals surface area contributed by atoms with Crippen LogP contribution in [0.5, 0.6) is 0 Å². The van der Waals surface area contributed by atoms with Gasteiger partial charge in [0, 0.05) is 28.5 Å². The molecule has 4 rings (SSSR count). The van der Waals surface area contributed by atoms with E-state index in [-0.39, 0.29) is 12.3 Å². The van der Waals surface area contributed by atoms with Crippen molar-refractivity contribution >= 4 is 23.3 Å². The second-order valence-corrected chi connectivity index (χ2v) is 6.03. The lowest BCUT2D eigenvalue weighted by Crippen LogP contribution is -2.25. The third-order valence-electron chi connectivity index (χ3n) is 4.12. The minimum Gasteiger partial charge on any atom is -0.467 e. The van der Waals surface area contributed by atoms with Crippen molar-refractivity contribution in [2.24, 2.45) is 0 Å². The number of halogens is 2. The highest BCUT2D eigenvalue weighted by atomic mass is 35.5. The van der Waals surface area contributed by atoms with E-state index in [9.17, 15) is 9.18 Å². The maximum atomic E-state index is 14.3. The summed E-state index contributed by atoms with van der Waals surface area (Å²) in [5.74, 6) is 0.168. The number of nitrogens with one attached hydrogen (secondary N) is 1. The minimum atomic E-state index is -0.465. The molecule has 1 aliphatic heterocycles. The molecular weight excluding hydrogens is 333 g/mol. The number of fused-ring (bicyclic) bond motifs is 1. The summed E-state index contributed by atoms with van der Waals surface area (Å²) in [5, 5.41) is 7.44. The fraction of sp³-hybridized carbons (Fsp3) is 0.176. The fourth-order valence-corrected chi connectivity index (χ4v) is 3.34. The number of furan rings is 1. The quantitative estimate of drug-likeness (QED) is 0.785. The molecule has 3 aromatic rings. The number of carbonyl (C=O) groups excluding carboxylic acids is 1. The van der Waals surface area contributed by atoms with Gasteiger partial charge in [-0.1, -0.05) is 17.7 Å². The van der Waals surface area contributed by atoms with Gasteiger partial charge in [0.1, 0.15) is 23.9 Å². The summed E-state index contributed by atoms with van der Waals surface area (Å²) in [6.45, 7) is 0.375. The van der Waals surface area contributed by atoms with Gasteiger partial charge in [-0.3, -0.25) is 4.79 Å². The van der Waals surface area contributed by atoms with Crippen LogP contribution in [0.1, 0.15) is 29.2 Å². The van der Waals surface area contributed by atoms with Crippen molar-refractivity contribution in [3.8, 4) is 0 Å². The average molecular weight is 346 g/mol. The molecule has 1 aliphatic rings. The summed E-state index contributed by atoms with van der Waals surface area (Å²) in [7, 11) is 0. The zero-order chi connectivity index (χ0) is 16.7. The Labute approximate surface area is 142 Å². The van der Waals surface area contributed by atoms with Gasteiger partial charge < -0.3 is 9.73 Å². The zero-order valence-electron chi connectivity index (χ0n) is 12.5. The molecule has 1 amide bonds. The second kappa shape index (κ2) is 5.79. The molecule has 24 heavy (non-hydrogen) atoms. The first-order valence-corrected chi connectivity index (χ1v) is 7.83. The van der Waals surface area contributed by atoms with Gasteiger partial charge in [0.2, 0.25) is 5.91 Å². The van der Waals surface area contributed by atoms with Crippen molar-refractivity contribution in [2.75, 3.05) is 5.32 Å². The summed E-state index contributed by atoms with van der Waals surface area (Å²) in [4.78, 5) is 12.1. The Morgan fingerprint density at radius 3 is 3.00 bits per heavy atom. The van der Waals surface area contributed by atoms with Crippen LogP contribution in [-0.2, 0) is 11.3 Å². The molecule has 0 spiro atoms. The van der Waals surface area contributed by atoms with Crippen molar-refractivity contribution in [3.05, 3.63) is 70.5 Å². The van der Waals surface area contributed by atoms with Crippen LogP contribution in [0, 0.1) is 5.82 Å². The SMILES string of the molecule is O=C1CC(c2c(F)cccc2Cl)c2cnn(Cc3ccco3)c2N1. The number of rotatable bonds is 3. The third-order valence-corrected chi connectivity index (χ3v) is 4.45. The molecule has 1 aromatic carbocycles. The van der Waals surface area contributed by atoms with Crippen LogP contribution in [0.25, 0.3) is 0 Å². The van der Waals surface area contributed by atoms with Gasteiger partial charge in [-0.2, -0.15) is 5.10 Å². The van der Waals surface area contributed by atoms with Gasteiger partial charge in [0.15, 0.2) is 0 Å². The van der Waals surface area contributed by atoms with Crippen LogP contribution in [0.15, 0.2) is 47.2 Å². The number of anilines is 1. The maximum absolute atomic E-state index is 14.3. The van der Waals surface area contributed by atoms with Gasteiger partial charge in [-0.15, -0.1) is 0 Å². The Morgan fingerprint density at radius 1 is 1.38 bits per heavy atom. The van der Waals surface area contributed by atoms with Gasteiger partial charge >= 0.3 is 0 Å². The Kier molecular flexibility index (Phi) is 3.61. The topological polar surface area (TPSA) is 60.1 Å². The molecule has 5 nitrogen and oxygen atoms in total. The Hall–Kier alpha value is -2.60. The smallest absolute Gasteiger partial charge is 0.226 e. The van der Waals surface area contributed by atoms with E-state index in [4.69, 9.17) is 16.0 Å². The molecule has 0 saturated heterocycles. The number of aromatic nitrogens is 2. The Bertz CT molecular complexity index is 884. The first kappa shape index (κ1) is 15.0. The van der Waals surface area contributed by atoms with E-state index < -0.39 is 11.7 Å². The van der Waals surface area contributed by atoms with Crippen molar-refractivity contribution < 1.29 is 13.6 Å². The van der Waals surface area contributed by atoms with Crippen molar-refractivity contribution in [1.82, 2.24) is 9.78 Å². The summed E-state index contributed by atoms with van der Waals surface area (Å²) in [6.07, 6.45) is 3.34. The van der Waals surface area contributed by atoms with Crippen LogP contribution in [0.3, 0.4) is 0 Å². The summed E-state index contributed by atoms with van der Waals surface area (Å²) in [6, 6.07) is 8.13. The van der Waals surface area contributed by atoms with Crippen LogP contribution >= 0.6 is 11.6 Å². The molecule has 3 heterocycles. The Morgan fingerprint density at radius 2 is 2.25 bits per heavy atom. The van der Waals surface area contributed by atoms with Crippen molar-refractivity contribution in [1.29, 1.82) is 0 Å². The zero-order valence-corrected chi connectivity index (χ0v) is 13.3. The largest absolute Gasteiger partial charge is 0.467 e. The van der Waals surface area contributed by atoms with E-state index in [1.165, 1.54) is 6.07 Å². The molecule has 0 fully saturated rings. The van der Waals surface area contributed by atoms with Crippen molar-refractivity contribution in [3.63, 3.8) is 0 Å². The van der Waals surface area contributed by atoms with Gasteiger partial charge in [-0.25, -0.2) is 9.07 Å². The number of amides is 1. The van der Waals surface area contributed by atoms with Crippen LogP contribution in [0.2, 0.25) is 5.02 Å². The number of hydrogen-bond acceptors (Lipinski definition) is 3. The predicted molar refractivity (Wildman–Crippen MR) is 86.5 cm³/mol. The Balaban J connectivity index is 1.78. The molecule has 0 aliphatic carbocycles. The summed E-state index contributed by atoms with van der Waals surface area (Å²) >= 11 is 6.19. The van der Waals surface area contributed by atoms with Crippen molar-refractivity contribution in [2.45, 2.75) is 18.9 Å². The molecular formula is C17H13ClFN3O2. The van der Waals surface area contributed by atoms with Crippen LogP contribution < -0.4 is 5.32 Å². The number of nitrogens with zero attached hydrogens (tertiary/aromatic N) is 2. The average Bonchev–Trinajstić information content (AvgIpc) is 3.18. The minimum absolute atomic E-state index is 0.125. The van der Waals surface area contributed by atoms with Gasteiger partial charge in [-0.05, 0) is 24.3 Å². The summed E-state index contributed by atoms with van der Waals surface area (Å²) < 4.78 is 21.3. The molecule has 122 valence electrons. The van der Waals surface area contributed by atoms with Crippen LogP contribution in [0.4, 0.5) is 10.2 Å². The third kappa shape index (κ3) is 2.49. The fourth-order valence-electron chi connectivity index (χ4n) is 3.04.